The molecular weight excluding hydrogens is 280 g/mol. The number of carbonyl (C=O) groups excluding carboxylic acids is 2. The van der Waals surface area contributed by atoms with Crippen LogP contribution in [0, 0.1) is 5.92 Å². The van der Waals surface area contributed by atoms with Crippen molar-refractivity contribution in [3.8, 4) is 0 Å². The van der Waals surface area contributed by atoms with E-state index in [0.717, 1.165) is 31.2 Å². The fraction of sp³-hybridized carbons (Fsp3) is 0.529. The summed E-state index contributed by atoms with van der Waals surface area (Å²) in [6, 6.07) is 6.76. The number of amides is 2. The first-order chi connectivity index (χ1) is 10.6. The van der Waals surface area contributed by atoms with Gasteiger partial charge in [0.15, 0.2) is 0 Å². The van der Waals surface area contributed by atoms with Crippen molar-refractivity contribution in [2.45, 2.75) is 51.5 Å². The second-order valence-electron chi connectivity index (χ2n) is 5.98. The molecular formula is C17H24N2O3. The van der Waals surface area contributed by atoms with Crippen molar-refractivity contribution in [3.05, 3.63) is 35.4 Å². The summed E-state index contributed by atoms with van der Waals surface area (Å²) in [5.74, 6) is -0.280. The van der Waals surface area contributed by atoms with Crippen molar-refractivity contribution in [2.24, 2.45) is 5.92 Å². The van der Waals surface area contributed by atoms with Crippen LogP contribution in [0.15, 0.2) is 24.3 Å². The van der Waals surface area contributed by atoms with Gasteiger partial charge in [-0.15, -0.1) is 0 Å². The molecule has 5 nitrogen and oxygen atoms in total. The maximum Gasteiger partial charge on any atom is 0.274 e. The average molecular weight is 304 g/mol. The van der Waals surface area contributed by atoms with Crippen molar-refractivity contribution in [2.75, 3.05) is 0 Å². The smallest absolute Gasteiger partial charge is 0.274 e. The maximum atomic E-state index is 12.3. The summed E-state index contributed by atoms with van der Waals surface area (Å²) >= 11 is 0. The van der Waals surface area contributed by atoms with Gasteiger partial charge in [-0.25, -0.2) is 5.48 Å². The van der Waals surface area contributed by atoms with Crippen molar-refractivity contribution < 1.29 is 14.8 Å². The van der Waals surface area contributed by atoms with E-state index in [2.05, 4.69) is 5.32 Å². The number of hydroxylamine groups is 1. The number of benzene rings is 1. The second kappa shape index (κ2) is 7.94. The molecule has 5 heteroatoms. The van der Waals surface area contributed by atoms with Crippen LogP contribution in [0.5, 0.6) is 0 Å². The lowest BCUT2D eigenvalue weighted by Gasteiger charge is -2.19. The lowest BCUT2D eigenvalue weighted by Crippen LogP contribution is -2.32. The third-order valence-electron chi connectivity index (χ3n) is 4.36. The van der Waals surface area contributed by atoms with Crippen LogP contribution in [-0.4, -0.2) is 17.0 Å². The maximum absolute atomic E-state index is 12.3. The van der Waals surface area contributed by atoms with Crippen molar-refractivity contribution in [1.82, 2.24) is 10.8 Å². The summed E-state index contributed by atoms with van der Waals surface area (Å²) in [6.45, 7) is 1.94. The number of carbonyl (C=O) groups is 2. The highest BCUT2D eigenvalue weighted by molar-refractivity contribution is 5.93. The predicted octanol–water partition coefficient (Wildman–Crippen LogP) is 2.95. The van der Waals surface area contributed by atoms with E-state index in [9.17, 15) is 9.59 Å². The fourth-order valence-electron chi connectivity index (χ4n) is 2.94. The van der Waals surface area contributed by atoms with E-state index in [4.69, 9.17) is 5.21 Å². The molecule has 0 saturated heterocycles. The first-order valence-electron chi connectivity index (χ1n) is 7.96. The summed E-state index contributed by atoms with van der Waals surface area (Å²) in [6.07, 6.45) is 6.69. The standard InChI is InChI=1S/C17H24N2O3/c1-12(13-8-10-15(11-9-13)17(21)19-22)18-16(20)14-6-4-2-3-5-7-14/h8-12,14,22H,2-7H2,1H3,(H,18,20)(H,19,21). The normalized spacial score (nSPS) is 17.4. The summed E-state index contributed by atoms with van der Waals surface area (Å²) in [7, 11) is 0. The Morgan fingerprint density at radius 1 is 1.09 bits per heavy atom. The van der Waals surface area contributed by atoms with E-state index in [1.165, 1.54) is 12.8 Å². The molecule has 1 aliphatic carbocycles. The van der Waals surface area contributed by atoms with E-state index >= 15 is 0 Å². The van der Waals surface area contributed by atoms with Gasteiger partial charge in [-0.3, -0.25) is 14.8 Å². The van der Waals surface area contributed by atoms with Crippen molar-refractivity contribution in [3.63, 3.8) is 0 Å². The van der Waals surface area contributed by atoms with E-state index in [1.54, 1.807) is 29.7 Å². The molecule has 0 spiro atoms. The summed E-state index contributed by atoms with van der Waals surface area (Å²) in [5, 5.41) is 11.7. The Morgan fingerprint density at radius 2 is 1.68 bits per heavy atom. The minimum absolute atomic E-state index is 0.0954. The van der Waals surface area contributed by atoms with Crippen LogP contribution in [0.2, 0.25) is 0 Å². The molecule has 2 amide bonds. The van der Waals surface area contributed by atoms with Gasteiger partial charge in [0.2, 0.25) is 5.91 Å². The molecule has 1 fully saturated rings. The zero-order chi connectivity index (χ0) is 15.9. The number of rotatable bonds is 4. The summed E-state index contributed by atoms with van der Waals surface area (Å²) < 4.78 is 0. The second-order valence-corrected chi connectivity index (χ2v) is 5.98. The third-order valence-corrected chi connectivity index (χ3v) is 4.36. The lowest BCUT2D eigenvalue weighted by atomic mass is 9.98. The number of hydrogen-bond donors (Lipinski definition) is 3. The molecule has 1 aliphatic rings. The average Bonchev–Trinajstić information content (AvgIpc) is 2.83. The highest BCUT2D eigenvalue weighted by Gasteiger charge is 2.21. The van der Waals surface area contributed by atoms with Crippen LogP contribution in [0.25, 0.3) is 0 Å². The Bertz CT molecular complexity index is 505. The van der Waals surface area contributed by atoms with Gasteiger partial charge in [-0.1, -0.05) is 37.8 Å². The Hall–Kier alpha value is -1.88. The lowest BCUT2D eigenvalue weighted by molar-refractivity contribution is -0.126. The van der Waals surface area contributed by atoms with Gasteiger partial charge in [0, 0.05) is 11.5 Å². The Labute approximate surface area is 131 Å². The van der Waals surface area contributed by atoms with Crippen LogP contribution >= 0.6 is 0 Å². The monoisotopic (exact) mass is 304 g/mol. The van der Waals surface area contributed by atoms with Gasteiger partial charge in [-0.05, 0) is 37.5 Å². The molecule has 1 aromatic rings. The van der Waals surface area contributed by atoms with Crippen LogP contribution in [-0.2, 0) is 4.79 Å². The molecule has 1 saturated carbocycles. The molecule has 0 aromatic heterocycles. The largest absolute Gasteiger partial charge is 0.349 e. The van der Waals surface area contributed by atoms with E-state index in [-0.39, 0.29) is 17.9 Å². The molecule has 1 unspecified atom stereocenters. The number of hydrogen-bond acceptors (Lipinski definition) is 3. The summed E-state index contributed by atoms with van der Waals surface area (Å²) in [4.78, 5) is 23.6. The molecule has 0 aliphatic heterocycles. The first-order valence-corrected chi connectivity index (χ1v) is 7.96. The summed E-state index contributed by atoms with van der Waals surface area (Å²) in [5.41, 5.74) is 2.93. The predicted molar refractivity (Wildman–Crippen MR) is 83.4 cm³/mol. The van der Waals surface area contributed by atoms with E-state index < -0.39 is 5.91 Å². The van der Waals surface area contributed by atoms with Gasteiger partial charge >= 0.3 is 0 Å². The minimum Gasteiger partial charge on any atom is -0.349 e. The van der Waals surface area contributed by atoms with Gasteiger partial charge in [0.25, 0.3) is 5.91 Å². The fourth-order valence-corrected chi connectivity index (χ4v) is 2.94. The van der Waals surface area contributed by atoms with Crippen LogP contribution < -0.4 is 10.8 Å². The molecule has 22 heavy (non-hydrogen) atoms. The molecule has 1 atom stereocenters. The quantitative estimate of drug-likeness (QED) is 0.454. The molecule has 3 N–H and O–H groups in total. The van der Waals surface area contributed by atoms with Gasteiger partial charge in [0.05, 0.1) is 6.04 Å². The van der Waals surface area contributed by atoms with Gasteiger partial charge < -0.3 is 5.32 Å². The molecule has 0 bridgehead atoms. The van der Waals surface area contributed by atoms with Gasteiger partial charge in [-0.2, -0.15) is 0 Å². The van der Waals surface area contributed by atoms with Crippen LogP contribution in [0.3, 0.4) is 0 Å². The molecule has 0 radical (unpaired) electrons. The SMILES string of the molecule is CC(NC(=O)C1CCCCCC1)c1ccc(C(=O)NO)cc1. The minimum atomic E-state index is -0.540. The topological polar surface area (TPSA) is 78.4 Å². The highest BCUT2D eigenvalue weighted by atomic mass is 16.5. The molecule has 2 rings (SSSR count). The number of nitrogens with one attached hydrogen (secondary N) is 2. The van der Waals surface area contributed by atoms with Gasteiger partial charge in [0.1, 0.15) is 0 Å². The van der Waals surface area contributed by atoms with Crippen molar-refractivity contribution >= 4 is 11.8 Å². The molecule has 120 valence electrons. The van der Waals surface area contributed by atoms with E-state index in [0.29, 0.717) is 5.56 Å². The molecule has 1 aromatic carbocycles. The third kappa shape index (κ3) is 4.31. The van der Waals surface area contributed by atoms with Crippen molar-refractivity contribution in [1.29, 1.82) is 0 Å². The van der Waals surface area contributed by atoms with E-state index in [1.807, 2.05) is 6.92 Å². The highest BCUT2D eigenvalue weighted by Crippen LogP contribution is 2.24. The zero-order valence-electron chi connectivity index (χ0n) is 13.0. The Kier molecular flexibility index (Phi) is 5.95. The Balaban J connectivity index is 1.94. The zero-order valence-corrected chi connectivity index (χ0v) is 13.0. The Morgan fingerprint density at radius 3 is 2.23 bits per heavy atom. The first kappa shape index (κ1) is 16.5. The molecule has 0 heterocycles. The van der Waals surface area contributed by atoms with Crippen LogP contribution in [0.4, 0.5) is 0 Å². The van der Waals surface area contributed by atoms with Crippen LogP contribution in [0.1, 0.15) is 67.4 Å².